The standard InChI is InChI=1S/C17H20FN3O4/c1-10(2)15(17(23)24)19-13(22)4-3-5-14-20-16(21-25-14)11-6-8-12(18)9-7-11/h6-10,15H,3-5H2,1-2H3,(H,19,22)(H,23,24)/t15-/m0/s1. The van der Waals surface area contributed by atoms with Crippen molar-refractivity contribution in [2.75, 3.05) is 0 Å². The number of aliphatic carboxylic acids is 1. The van der Waals surface area contributed by atoms with E-state index in [1.54, 1.807) is 26.0 Å². The monoisotopic (exact) mass is 349 g/mol. The molecule has 0 radical (unpaired) electrons. The first kappa shape index (κ1) is 18.6. The minimum absolute atomic E-state index is 0.158. The number of benzene rings is 1. The summed E-state index contributed by atoms with van der Waals surface area (Å²) in [5.74, 6) is -1.21. The van der Waals surface area contributed by atoms with Crippen molar-refractivity contribution in [3.05, 3.63) is 36.0 Å². The molecule has 8 heteroatoms. The molecule has 2 N–H and O–H groups in total. The molecular weight excluding hydrogens is 329 g/mol. The van der Waals surface area contributed by atoms with Gasteiger partial charge in [-0.25, -0.2) is 9.18 Å². The Morgan fingerprint density at radius 1 is 1.28 bits per heavy atom. The van der Waals surface area contributed by atoms with Crippen molar-refractivity contribution in [3.8, 4) is 11.4 Å². The molecule has 1 amide bonds. The number of rotatable bonds is 8. The smallest absolute Gasteiger partial charge is 0.326 e. The first-order chi connectivity index (χ1) is 11.9. The number of nitrogens with one attached hydrogen (secondary N) is 1. The molecule has 1 aromatic heterocycles. The molecule has 25 heavy (non-hydrogen) atoms. The molecular formula is C17H20FN3O4. The second-order valence-corrected chi connectivity index (χ2v) is 6.00. The average Bonchev–Trinajstić information content (AvgIpc) is 3.01. The molecule has 0 spiro atoms. The number of halogens is 1. The Kier molecular flexibility index (Phi) is 6.21. The van der Waals surface area contributed by atoms with Crippen LogP contribution in [0.3, 0.4) is 0 Å². The van der Waals surface area contributed by atoms with Gasteiger partial charge in [0.2, 0.25) is 17.6 Å². The molecule has 2 rings (SSSR count). The van der Waals surface area contributed by atoms with Crippen LogP contribution >= 0.6 is 0 Å². The minimum atomic E-state index is -1.05. The van der Waals surface area contributed by atoms with Gasteiger partial charge in [-0.2, -0.15) is 4.98 Å². The van der Waals surface area contributed by atoms with E-state index in [0.29, 0.717) is 30.1 Å². The maximum atomic E-state index is 12.9. The highest BCUT2D eigenvalue weighted by molar-refractivity contribution is 5.83. The fraction of sp³-hybridized carbons (Fsp3) is 0.412. The topological polar surface area (TPSA) is 105 Å². The summed E-state index contributed by atoms with van der Waals surface area (Å²) >= 11 is 0. The quantitative estimate of drug-likeness (QED) is 0.758. The first-order valence-electron chi connectivity index (χ1n) is 7.97. The summed E-state index contributed by atoms with van der Waals surface area (Å²) < 4.78 is 18.0. The predicted octanol–water partition coefficient (Wildman–Crippen LogP) is 2.42. The van der Waals surface area contributed by atoms with Crippen LogP contribution in [0.5, 0.6) is 0 Å². The lowest BCUT2D eigenvalue weighted by Crippen LogP contribution is -2.44. The van der Waals surface area contributed by atoms with Crippen LogP contribution in [0.1, 0.15) is 32.6 Å². The van der Waals surface area contributed by atoms with Crippen LogP contribution in [0.25, 0.3) is 11.4 Å². The fourth-order valence-electron chi connectivity index (χ4n) is 2.23. The van der Waals surface area contributed by atoms with Crippen molar-refractivity contribution < 1.29 is 23.6 Å². The normalized spacial score (nSPS) is 12.2. The zero-order chi connectivity index (χ0) is 18.4. The van der Waals surface area contributed by atoms with Gasteiger partial charge in [0, 0.05) is 18.4 Å². The van der Waals surface area contributed by atoms with Crippen LogP contribution in [0.4, 0.5) is 4.39 Å². The zero-order valence-corrected chi connectivity index (χ0v) is 14.0. The van der Waals surface area contributed by atoms with Gasteiger partial charge in [0.15, 0.2) is 0 Å². The number of nitrogens with zero attached hydrogens (tertiary/aromatic N) is 2. The fourth-order valence-corrected chi connectivity index (χ4v) is 2.23. The molecule has 0 bridgehead atoms. The summed E-state index contributed by atoms with van der Waals surface area (Å²) in [4.78, 5) is 27.1. The maximum absolute atomic E-state index is 12.9. The SMILES string of the molecule is CC(C)[C@H](NC(=O)CCCc1nc(-c2ccc(F)cc2)no1)C(=O)O. The highest BCUT2D eigenvalue weighted by Gasteiger charge is 2.23. The number of carboxylic acids is 1. The number of hydrogen-bond acceptors (Lipinski definition) is 5. The summed E-state index contributed by atoms with van der Waals surface area (Å²) in [6.07, 6.45) is 0.993. The molecule has 0 aliphatic heterocycles. The Bertz CT molecular complexity index is 728. The lowest BCUT2D eigenvalue weighted by atomic mass is 10.0. The van der Waals surface area contributed by atoms with E-state index in [9.17, 15) is 14.0 Å². The molecule has 0 unspecified atom stereocenters. The number of aryl methyl sites for hydroxylation is 1. The Labute approximate surface area is 144 Å². The number of aromatic nitrogens is 2. The van der Waals surface area contributed by atoms with Crippen LogP contribution in [0, 0.1) is 11.7 Å². The molecule has 134 valence electrons. The van der Waals surface area contributed by atoms with Crippen molar-refractivity contribution in [2.45, 2.75) is 39.2 Å². The summed E-state index contributed by atoms with van der Waals surface area (Å²) in [7, 11) is 0. The number of carbonyl (C=O) groups is 2. The number of carboxylic acid groups (broad SMARTS) is 1. The van der Waals surface area contributed by atoms with E-state index in [1.807, 2.05) is 0 Å². The third kappa shape index (κ3) is 5.37. The highest BCUT2D eigenvalue weighted by atomic mass is 19.1. The second-order valence-electron chi connectivity index (χ2n) is 6.00. The Morgan fingerprint density at radius 2 is 1.96 bits per heavy atom. The molecule has 7 nitrogen and oxygen atoms in total. The molecule has 2 aromatic rings. The average molecular weight is 349 g/mol. The number of carbonyl (C=O) groups excluding carboxylic acids is 1. The van der Waals surface area contributed by atoms with Crippen molar-refractivity contribution in [3.63, 3.8) is 0 Å². The van der Waals surface area contributed by atoms with E-state index in [-0.39, 0.29) is 24.1 Å². The van der Waals surface area contributed by atoms with E-state index < -0.39 is 12.0 Å². The lowest BCUT2D eigenvalue weighted by molar-refractivity contribution is -0.143. The van der Waals surface area contributed by atoms with E-state index in [4.69, 9.17) is 9.63 Å². The molecule has 0 aliphatic rings. The number of hydrogen-bond donors (Lipinski definition) is 2. The van der Waals surface area contributed by atoms with Crippen molar-refractivity contribution >= 4 is 11.9 Å². The van der Waals surface area contributed by atoms with E-state index in [1.165, 1.54) is 12.1 Å². The van der Waals surface area contributed by atoms with Crippen LogP contribution in [0.15, 0.2) is 28.8 Å². The lowest BCUT2D eigenvalue weighted by Gasteiger charge is -2.17. The largest absolute Gasteiger partial charge is 0.480 e. The Balaban J connectivity index is 1.83. The first-order valence-corrected chi connectivity index (χ1v) is 7.97. The molecule has 1 heterocycles. The van der Waals surface area contributed by atoms with Crippen LogP contribution in [-0.4, -0.2) is 33.2 Å². The van der Waals surface area contributed by atoms with Crippen molar-refractivity contribution in [1.82, 2.24) is 15.5 Å². The van der Waals surface area contributed by atoms with E-state index in [2.05, 4.69) is 15.5 Å². The number of amides is 1. The molecule has 0 fully saturated rings. The van der Waals surface area contributed by atoms with Crippen LogP contribution in [0.2, 0.25) is 0 Å². The maximum Gasteiger partial charge on any atom is 0.326 e. The van der Waals surface area contributed by atoms with Crippen molar-refractivity contribution in [1.29, 1.82) is 0 Å². The van der Waals surface area contributed by atoms with Gasteiger partial charge in [-0.3, -0.25) is 4.79 Å². The van der Waals surface area contributed by atoms with E-state index in [0.717, 1.165) is 0 Å². The summed E-state index contributed by atoms with van der Waals surface area (Å²) in [6.45, 7) is 3.46. The molecule has 0 saturated heterocycles. The van der Waals surface area contributed by atoms with Gasteiger partial charge in [-0.1, -0.05) is 19.0 Å². The third-order valence-electron chi connectivity index (χ3n) is 3.61. The van der Waals surface area contributed by atoms with Crippen LogP contribution in [-0.2, 0) is 16.0 Å². The van der Waals surface area contributed by atoms with Gasteiger partial charge in [0.05, 0.1) is 0 Å². The van der Waals surface area contributed by atoms with Crippen molar-refractivity contribution in [2.24, 2.45) is 5.92 Å². The predicted molar refractivity (Wildman–Crippen MR) is 87.0 cm³/mol. The highest BCUT2D eigenvalue weighted by Crippen LogP contribution is 2.16. The minimum Gasteiger partial charge on any atom is -0.480 e. The molecule has 1 aromatic carbocycles. The summed E-state index contributed by atoms with van der Waals surface area (Å²) in [6, 6.07) is 4.82. The van der Waals surface area contributed by atoms with Gasteiger partial charge < -0.3 is 14.9 Å². The molecule has 0 saturated carbocycles. The zero-order valence-electron chi connectivity index (χ0n) is 14.0. The van der Waals surface area contributed by atoms with Gasteiger partial charge in [-0.05, 0) is 36.6 Å². The third-order valence-corrected chi connectivity index (χ3v) is 3.61. The Hall–Kier alpha value is -2.77. The van der Waals surface area contributed by atoms with Gasteiger partial charge in [0.25, 0.3) is 0 Å². The molecule has 1 atom stereocenters. The summed E-state index contributed by atoms with van der Waals surface area (Å²) in [5.41, 5.74) is 0.635. The van der Waals surface area contributed by atoms with E-state index >= 15 is 0 Å². The van der Waals surface area contributed by atoms with Gasteiger partial charge in [0.1, 0.15) is 11.9 Å². The van der Waals surface area contributed by atoms with Gasteiger partial charge in [-0.15, -0.1) is 0 Å². The second kappa shape index (κ2) is 8.36. The molecule has 0 aliphatic carbocycles. The van der Waals surface area contributed by atoms with Gasteiger partial charge >= 0.3 is 5.97 Å². The summed E-state index contributed by atoms with van der Waals surface area (Å²) in [5, 5.41) is 15.4. The van der Waals surface area contributed by atoms with Crippen LogP contribution < -0.4 is 5.32 Å². The Morgan fingerprint density at radius 3 is 2.56 bits per heavy atom.